The number of carbonyl (C=O) groups excluding carboxylic acids is 1. The van der Waals surface area contributed by atoms with Crippen LogP contribution in [0.5, 0.6) is 0 Å². The zero-order chi connectivity index (χ0) is 20.3. The van der Waals surface area contributed by atoms with E-state index in [-0.39, 0.29) is 17.1 Å². The van der Waals surface area contributed by atoms with Gasteiger partial charge in [-0.15, -0.1) is 0 Å². The van der Waals surface area contributed by atoms with E-state index >= 15 is 0 Å². The third-order valence-corrected chi connectivity index (χ3v) is 4.89. The van der Waals surface area contributed by atoms with Crippen LogP contribution in [0.3, 0.4) is 0 Å². The number of nitrogens with zero attached hydrogens (tertiary/aromatic N) is 4. The van der Waals surface area contributed by atoms with Crippen molar-refractivity contribution in [2.75, 3.05) is 25.0 Å². The normalized spacial score (nSPS) is 11.3. The van der Waals surface area contributed by atoms with Crippen LogP contribution >= 0.6 is 0 Å². The van der Waals surface area contributed by atoms with Crippen molar-refractivity contribution >= 4 is 28.2 Å². The minimum absolute atomic E-state index is 0.223. The van der Waals surface area contributed by atoms with Gasteiger partial charge in [0.1, 0.15) is 5.69 Å². The maximum atomic E-state index is 12.4. The third kappa shape index (κ3) is 3.89. The summed E-state index contributed by atoms with van der Waals surface area (Å²) in [6.07, 6.45) is 2.03. The molecule has 0 fully saturated rings. The molecular formula is C19H24N6O3. The number of fused-ring (bicyclic) bond motifs is 1. The quantitative estimate of drug-likeness (QED) is 0.458. The van der Waals surface area contributed by atoms with Gasteiger partial charge in [0.25, 0.3) is 5.91 Å². The number of anilines is 1. The monoisotopic (exact) mass is 384 g/mol. The van der Waals surface area contributed by atoms with E-state index in [1.165, 1.54) is 6.92 Å². The second-order valence-corrected chi connectivity index (χ2v) is 6.57. The second kappa shape index (κ2) is 8.22. The maximum Gasteiger partial charge on any atom is 0.322 e. The summed E-state index contributed by atoms with van der Waals surface area (Å²) >= 11 is 0. The van der Waals surface area contributed by atoms with Crippen LogP contribution in [0.4, 0.5) is 11.4 Å². The first-order valence-corrected chi connectivity index (χ1v) is 9.26. The van der Waals surface area contributed by atoms with Gasteiger partial charge in [-0.1, -0.05) is 13.8 Å². The van der Waals surface area contributed by atoms with E-state index in [2.05, 4.69) is 38.8 Å². The molecule has 9 heteroatoms. The van der Waals surface area contributed by atoms with E-state index in [0.717, 1.165) is 37.1 Å². The number of likely N-dealkylation sites (N-methyl/N-ethyl adjacent to an activating group) is 1. The molecule has 2 heterocycles. The number of aromatic nitrogens is 3. The van der Waals surface area contributed by atoms with E-state index in [9.17, 15) is 14.9 Å². The average molecular weight is 384 g/mol. The van der Waals surface area contributed by atoms with E-state index in [4.69, 9.17) is 0 Å². The van der Waals surface area contributed by atoms with Crippen LogP contribution in [-0.2, 0) is 6.54 Å². The summed E-state index contributed by atoms with van der Waals surface area (Å²) in [5, 5.41) is 21.1. The molecular weight excluding hydrogens is 360 g/mol. The summed E-state index contributed by atoms with van der Waals surface area (Å²) < 4.78 is 2.18. The molecule has 0 radical (unpaired) electrons. The van der Waals surface area contributed by atoms with Crippen molar-refractivity contribution < 1.29 is 9.72 Å². The molecule has 2 N–H and O–H groups in total. The number of benzene rings is 1. The Kier molecular flexibility index (Phi) is 5.74. The standard InChI is InChI=1S/C19H24N6O3/c1-4-23(5-2)10-11-24-9-8-14-12-15(6-7-16(14)24)20-19(26)17-18(25(27)28)13(3)21-22-17/h6-9,12H,4-5,10-11H2,1-3H3,(H,20,26)(H,21,22). The summed E-state index contributed by atoms with van der Waals surface area (Å²) in [5.74, 6) is -0.614. The van der Waals surface area contributed by atoms with Crippen molar-refractivity contribution in [2.24, 2.45) is 0 Å². The van der Waals surface area contributed by atoms with Gasteiger partial charge >= 0.3 is 5.69 Å². The molecule has 28 heavy (non-hydrogen) atoms. The SMILES string of the molecule is CCN(CC)CCn1ccc2cc(NC(=O)c3n[nH]c(C)c3[N+](=O)[O-])ccc21. The molecule has 1 amide bonds. The predicted octanol–water partition coefficient (Wildman–Crippen LogP) is 3.18. The van der Waals surface area contributed by atoms with E-state index < -0.39 is 10.8 Å². The van der Waals surface area contributed by atoms with Crippen molar-refractivity contribution in [2.45, 2.75) is 27.3 Å². The fraction of sp³-hybridized carbons (Fsp3) is 0.368. The van der Waals surface area contributed by atoms with E-state index in [1.54, 1.807) is 6.07 Å². The van der Waals surface area contributed by atoms with Crippen LogP contribution in [0.1, 0.15) is 30.0 Å². The Morgan fingerprint density at radius 1 is 1.32 bits per heavy atom. The molecule has 2 aromatic heterocycles. The van der Waals surface area contributed by atoms with Gasteiger partial charge in [-0.3, -0.25) is 20.0 Å². The molecule has 0 unspecified atom stereocenters. The largest absolute Gasteiger partial charge is 0.346 e. The maximum absolute atomic E-state index is 12.4. The van der Waals surface area contributed by atoms with Gasteiger partial charge in [-0.25, -0.2) is 0 Å². The van der Waals surface area contributed by atoms with E-state index in [0.29, 0.717) is 5.69 Å². The number of nitro groups is 1. The first kappa shape index (κ1) is 19.6. The number of aromatic amines is 1. The summed E-state index contributed by atoms with van der Waals surface area (Å²) in [7, 11) is 0. The predicted molar refractivity (Wildman–Crippen MR) is 108 cm³/mol. The molecule has 3 rings (SSSR count). The van der Waals surface area contributed by atoms with Gasteiger partial charge in [0.05, 0.1) is 4.92 Å². The number of hydrogen-bond donors (Lipinski definition) is 2. The van der Waals surface area contributed by atoms with Gasteiger partial charge in [0, 0.05) is 35.9 Å². The lowest BCUT2D eigenvalue weighted by Gasteiger charge is -2.18. The van der Waals surface area contributed by atoms with Crippen molar-refractivity contribution in [1.29, 1.82) is 0 Å². The second-order valence-electron chi connectivity index (χ2n) is 6.57. The number of aryl methyl sites for hydroxylation is 1. The summed E-state index contributed by atoms with van der Waals surface area (Å²) in [4.78, 5) is 25.3. The molecule has 0 spiro atoms. The molecule has 0 bridgehead atoms. The van der Waals surface area contributed by atoms with Gasteiger partial charge in [0.15, 0.2) is 0 Å². The Hall–Kier alpha value is -3.20. The number of H-pyrrole nitrogens is 1. The van der Waals surface area contributed by atoms with Gasteiger partial charge in [0.2, 0.25) is 5.69 Å². The minimum atomic E-state index is -0.614. The Morgan fingerprint density at radius 3 is 2.75 bits per heavy atom. The van der Waals surface area contributed by atoms with Crippen LogP contribution < -0.4 is 5.32 Å². The van der Waals surface area contributed by atoms with Crippen LogP contribution in [0.2, 0.25) is 0 Å². The highest BCUT2D eigenvalue weighted by atomic mass is 16.6. The number of rotatable bonds is 8. The summed E-state index contributed by atoms with van der Waals surface area (Å²) in [6, 6.07) is 7.58. The molecule has 148 valence electrons. The Morgan fingerprint density at radius 2 is 2.07 bits per heavy atom. The molecule has 0 atom stereocenters. The lowest BCUT2D eigenvalue weighted by molar-refractivity contribution is -0.385. The molecule has 1 aromatic carbocycles. The van der Waals surface area contributed by atoms with Crippen LogP contribution in [-0.4, -0.2) is 50.1 Å². The van der Waals surface area contributed by atoms with Crippen molar-refractivity contribution in [3.05, 3.63) is 52.0 Å². The molecule has 3 aromatic rings. The fourth-order valence-electron chi connectivity index (χ4n) is 3.26. The van der Waals surface area contributed by atoms with Crippen LogP contribution in [0, 0.1) is 17.0 Å². The smallest absolute Gasteiger partial charge is 0.322 e. The van der Waals surface area contributed by atoms with Crippen LogP contribution in [0.25, 0.3) is 10.9 Å². The topological polar surface area (TPSA) is 109 Å². The molecule has 0 aliphatic rings. The number of amides is 1. The third-order valence-electron chi connectivity index (χ3n) is 4.89. The highest BCUT2D eigenvalue weighted by molar-refractivity contribution is 6.06. The average Bonchev–Trinajstić information content (AvgIpc) is 3.25. The van der Waals surface area contributed by atoms with Gasteiger partial charge < -0.3 is 14.8 Å². The fourth-order valence-corrected chi connectivity index (χ4v) is 3.26. The number of carbonyl (C=O) groups is 1. The number of nitrogens with one attached hydrogen (secondary N) is 2. The molecule has 0 saturated carbocycles. The Labute approximate surface area is 162 Å². The lowest BCUT2D eigenvalue weighted by atomic mass is 10.2. The zero-order valence-electron chi connectivity index (χ0n) is 16.2. The first-order valence-electron chi connectivity index (χ1n) is 9.26. The highest BCUT2D eigenvalue weighted by Gasteiger charge is 2.27. The molecule has 0 aliphatic carbocycles. The van der Waals surface area contributed by atoms with Crippen molar-refractivity contribution in [3.63, 3.8) is 0 Å². The van der Waals surface area contributed by atoms with E-state index in [1.807, 2.05) is 24.4 Å². The van der Waals surface area contributed by atoms with Gasteiger partial charge in [-0.05, 0) is 44.3 Å². The lowest BCUT2D eigenvalue weighted by Crippen LogP contribution is -2.26. The summed E-state index contributed by atoms with van der Waals surface area (Å²) in [6.45, 7) is 9.70. The molecule has 0 saturated heterocycles. The van der Waals surface area contributed by atoms with Crippen molar-refractivity contribution in [1.82, 2.24) is 19.7 Å². The molecule has 9 nitrogen and oxygen atoms in total. The number of hydrogen-bond acceptors (Lipinski definition) is 5. The Bertz CT molecular complexity index is 1000. The highest BCUT2D eigenvalue weighted by Crippen LogP contribution is 2.24. The Balaban J connectivity index is 1.77. The zero-order valence-corrected chi connectivity index (χ0v) is 16.2. The molecule has 0 aliphatic heterocycles. The summed E-state index contributed by atoms with van der Waals surface area (Å²) in [5.41, 5.74) is 1.36. The van der Waals surface area contributed by atoms with Crippen molar-refractivity contribution in [3.8, 4) is 0 Å². The minimum Gasteiger partial charge on any atom is -0.346 e. The first-order chi connectivity index (χ1) is 13.4. The van der Waals surface area contributed by atoms with Crippen LogP contribution in [0.15, 0.2) is 30.5 Å². The van der Waals surface area contributed by atoms with Gasteiger partial charge in [-0.2, -0.15) is 5.10 Å².